The minimum Gasteiger partial charge on any atom is -0.508 e. The number of nitro groups is 1. The Labute approximate surface area is 79.7 Å². The van der Waals surface area contributed by atoms with Gasteiger partial charge in [-0.05, 0) is 11.8 Å². The van der Waals surface area contributed by atoms with Crippen LogP contribution in [0.1, 0.15) is 6.92 Å². The predicted octanol–water partition coefficient (Wildman–Crippen LogP) is 2.41. The van der Waals surface area contributed by atoms with Gasteiger partial charge in [-0.2, -0.15) is 0 Å². The molecule has 0 atom stereocenters. The van der Waals surface area contributed by atoms with Gasteiger partial charge in [0.25, 0.3) is 5.69 Å². The van der Waals surface area contributed by atoms with Crippen molar-refractivity contribution in [3.05, 3.63) is 28.3 Å². The third kappa shape index (κ3) is 2.35. The highest BCUT2D eigenvalue weighted by Crippen LogP contribution is 2.31. The first-order valence-corrected chi connectivity index (χ1v) is 4.74. The lowest BCUT2D eigenvalue weighted by Crippen LogP contribution is -1.90. The van der Waals surface area contributed by atoms with E-state index in [1.165, 1.54) is 30.0 Å². The molecule has 0 unspecified atom stereocenters. The Bertz CT molecular complexity index is 327. The lowest BCUT2D eigenvalue weighted by atomic mass is 10.3. The van der Waals surface area contributed by atoms with E-state index in [4.69, 9.17) is 5.11 Å². The average Bonchev–Trinajstić information content (AvgIpc) is 2.04. The first-order valence-electron chi connectivity index (χ1n) is 3.75. The van der Waals surface area contributed by atoms with Crippen molar-refractivity contribution in [2.75, 3.05) is 5.75 Å². The van der Waals surface area contributed by atoms with Crippen molar-refractivity contribution in [1.29, 1.82) is 0 Å². The summed E-state index contributed by atoms with van der Waals surface area (Å²) in [7, 11) is 0. The van der Waals surface area contributed by atoms with E-state index in [0.717, 1.165) is 5.75 Å². The molecular formula is C8H9NO3S. The summed E-state index contributed by atoms with van der Waals surface area (Å²) < 4.78 is 0. The van der Waals surface area contributed by atoms with Crippen LogP contribution in [0.5, 0.6) is 5.75 Å². The molecular weight excluding hydrogens is 190 g/mol. The summed E-state index contributed by atoms with van der Waals surface area (Å²) in [5.74, 6) is 0.797. The molecule has 0 amide bonds. The number of hydrogen-bond donors (Lipinski definition) is 1. The molecule has 0 fully saturated rings. The molecule has 70 valence electrons. The van der Waals surface area contributed by atoms with Crippen molar-refractivity contribution in [1.82, 2.24) is 0 Å². The van der Waals surface area contributed by atoms with Crippen molar-refractivity contribution < 1.29 is 10.0 Å². The maximum atomic E-state index is 10.5. The Morgan fingerprint density at radius 3 is 2.85 bits per heavy atom. The minimum atomic E-state index is -0.447. The van der Waals surface area contributed by atoms with Gasteiger partial charge in [-0.15, -0.1) is 11.8 Å². The van der Waals surface area contributed by atoms with Crippen LogP contribution in [0.2, 0.25) is 0 Å². The molecule has 0 saturated carbocycles. The molecule has 0 bridgehead atoms. The number of aromatic hydroxyl groups is 1. The molecule has 1 aromatic rings. The molecule has 0 radical (unpaired) electrons. The van der Waals surface area contributed by atoms with E-state index in [1.54, 1.807) is 0 Å². The summed E-state index contributed by atoms with van der Waals surface area (Å²) in [6.07, 6.45) is 0. The third-order valence-corrected chi connectivity index (χ3v) is 2.37. The molecule has 5 heteroatoms. The van der Waals surface area contributed by atoms with Gasteiger partial charge in [-0.1, -0.05) is 6.92 Å². The summed E-state index contributed by atoms with van der Waals surface area (Å²) in [6.45, 7) is 1.90. The molecule has 0 spiro atoms. The summed E-state index contributed by atoms with van der Waals surface area (Å²) in [6, 6.07) is 4.04. The van der Waals surface area contributed by atoms with Crippen molar-refractivity contribution >= 4 is 17.4 Å². The van der Waals surface area contributed by atoms with Crippen LogP contribution >= 0.6 is 11.8 Å². The number of phenolic OH excluding ortho intramolecular Hbond substituents is 1. The van der Waals surface area contributed by atoms with Crippen LogP contribution in [0, 0.1) is 10.1 Å². The van der Waals surface area contributed by atoms with Crippen molar-refractivity contribution in [3.63, 3.8) is 0 Å². The number of rotatable bonds is 3. The SMILES string of the molecule is CCSc1cc(O)ccc1[N+](=O)[O-]. The molecule has 0 aliphatic carbocycles. The monoisotopic (exact) mass is 199 g/mol. The molecule has 4 nitrogen and oxygen atoms in total. The van der Waals surface area contributed by atoms with Gasteiger partial charge in [-0.25, -0.2) is 0 Å². The lowest BCUT2D eigenvalue weighted by Gasteiger charge is -2.00. The second-order valence-electron chi connectivity index (χ2n) is 2.34. The van der Waals surface area contributed by atoms with Gasteiger partial charge in [0.05, 0.1) is 9.82 Å². The second-order valence-corrected chi connectivity index (χ2v) is 3.65. The first kappa shape index (κ1) is 9.85. The van der Waals surface area contributed by atoms with Gasteiger partial charge in [0, 0.05) is 12.1 Å². The zero-order valence-corrected chi connectivity index (χ0v) is 7.87. The van der Waals surface area contributed by atoms with E-state index in [0.29, 0.717) is 4.90 Å². The number of benzene rings is 1. The standard InChI is InChI=1S/C8H9NO3S/c1-2-13-8-5-6(10)3-4-7(8)9(11)12/h3-5,10H,2H2,1H3. The highest BCUT2D eigenvalue weighted by Gasteiger charge is 2.13. The molecule has 0 aliphatic heterocycles. The van der Waals surface area contributed by atoms with Gasteiger partial charge in [0.2, 0.25) is 0 Å². The Kier molecular flexibility index (Phi) is 3.13. The minimum absolute atomic E-state index is 0.0460. The van der Waals surface area contributed by atoms with Crippen molar-refractivity contribution in [2.45, 2.75) is 11.8 Å². The molecule has 0 aromatic heterocycles. The fourth-order valence-electron chi connectivity index (χ4n) is 0.925. The first-order chi connectivity index (χ1) is 6.15. The molecule has 0 aliphatic rings. The fraction of sp³-hybridized carbons (Fsp3) is 0.250. The average molecular weight is 199 g/mol. The third-order valence-electron chi connectivity index (χ3n) is 1.44. The van der Waals surface area contributed by atoms with Crippen LogP contribution in [0.15, 0.2) is 23.1 Å². The Morgan fingerprint density at radius 1 is 1.62 bits per heavy atom. The summed E-state index contributed by atoms with van der Waals surface area (Å²) in [4.78, 5) is 10.6. The Morgan fingerprint density at radius 2 is 2.31 bits per heavy atom. The van der Waals surface area contributed by atoms with E-state index >= 15 is 0 Å². The van der Waals surface area contributed by atoms with E-state index in [-0.39, 0.29) is 11.4 Å². The highest BCUT2D eigenvalue weighted by atomic mass is 32.2. The second kappa shape index (κ2) is 4.13. The van der Waals surface area contributed by atoms with Crippen LogP contribution in [0.3, 0.4) is 0 Å². The number of thioether (sulfide) groups is 1. The normalized spacial score (nSPS) is 9.92. The van der Waals surface area contributed by atoms with Gasteiger partial charge in [0.1, 0.15) is 5.75 Å². The van der Waals surface area contributed by atoms with Crippen LogP contribution in [0.25, 0.3) is 0 Å². The number of hydrogen-bond acceptors (Lipinski definition) is 4. The van der Waals surface area contributed by atoms with Gasteiger partial charge < -0.3 is 5.11 Å². The van der Waals surface area contributed by atoms with Gasteiger partial charge in [-0.3, -0.25) is 10.1 Å². The van der Waals surface area contributed by atoms with Gasteiger partial charge >= 0.3 is 0 Å². The summed E-state index contributed by atoms with van der Waals surface area (Å²) in [5, 5.41) is 19.6. The van der Waals surface area contributed by atoms with Crippen molar-refractivity contribution in [2.24, 2.45) is 0 Å². The largest absolute Gasteiger partial charge is 0.508 e. The van der Waals surface area contributed by atoms with E-state index < -0.39 is 4.92 Å². The number of phenols is 1. The summed E-state index contributed by atoms with van der Waals surface area (Å²) >= 11 is 1.34. The molecule has 13 heavy (non-hydrogen) atoms. The molecule has 1 aromatic carbocycles. The molecule has 0 heterocycles. The quantitative estimate of drug-likeness (QED) is 0.461. The molecule has 0 saturated heterocycles. The highest BCUT2D eigenvalue weighted by molar-refractivity contribution is 7.99. The smallest absolute Gasteiger partial charge is 0.283 e. The van der Waals surface area contributed by atoms with E-state index in [9.17, 15) is 10.1 Å². The maximum Gasteiger partial charge on any atom is 0.283 e. The van der Waals surface area contributed by atoms with Crippen LogP contribution in [-0.4, -0.2) is 15.8 Å². The zero-order chi connectivity index (χ0) is 9.84. The molecule has 1 N–H and O–H groups in total. The summed E-state index contributed by atoms with van der Waals surface area (Å²) in [5.41, 5.74) is 0.0460. The zero-order valence-electron chi connectivity index (χ0n) is 7.06. The Hall–Kier alpha value is -1.23. The number of nitrogens with zero attached hydrogens (tertiary/aromatic N) is 1. The Balaban J connectivity index is 3.10. The van der Waals surface area contributed by atoms with Crippen molar-refractivity contribution in [3.8, 4) is 5.75 Å². The van der Waals surface area contributed by atoms with E-state index in [1.807, 2.05) is 6.92 Å². The fourth-order valence-corrected chi connectivity index (χ4v) is 1.73. The predicted molar refractivity (Wildman–Crippen MR) is 51.2 cm³/mol. The van der Waals surface area contributed by atoms with Gasteiger partial charge in [0.15, 0.2) is 0 Å². The van der Waals surface area contributed by atoms with Crippen LogP contribution < -0.4 is 0 Å². The van der Waals surface area contributed by atoms with E-state index in [2.05, 4.69) is 0 Å². The van der Waals surface area contributed by atoms with Crippen LogP contribution in [-0.2, 0) is 0 Å². The topological polar surface area (TPSA) is 63.4 Å². The lowest BCUT2D eigenvalue weighted by molar-refractivity contribution is -0.387. The maximum absolute atomic E-state index is 10.5. The molecule has 1 rings (SSSR count). The van der Waals surface area contributed by atoms with Crippen LogP contribution in [0.4, 0.5) is 5.69 Å². The number of nitro benzene ring substituents is 1.